The Morgan fingerprint density at radius 1 is 1.00 bits per heavy atom. The van der Waals surface area contributed by atoms with Crippen LogP contribution in [0.25, 0.3) is 0 Å². The van der Waals surface area contributed by atoms with Crippen LogP contribution in [0.5, 0.6) is 0 Å². The van der Waals surface area contributed by atoms with Gasteiger partial charge in [-0.15, -0.1) is 0 Å². The molecule has 2 aliphatic rings. The molecule has 0 radical (unpaired) electrons. The quantitative estimate of drug-likeness (QED) is 0.478. The molecule has 1 saturated heterocycles. The molecule has 2 rings (SSSR count). The first-order valence-corrected chi connectivity index (χ1v) is 10.7. The zero-order chi connectivity index (χ0) is 15.1. The van der Waals surface area contributed by atoms with E-state index in [-0.39, 0.29) is 9.84 Å². The van der Waals surface area contributed by atoms with Gasteiger partial charge in [-0.1, -0.05) is 52.4 Å². The fraction of sp³-hybridized carbons (Fsp3) is 1.00. The maximum atomic E-state index is 2.93. The molecular formula is C17H37N3Si. The summed E-state index contributed by atoms with van der Waals surface area (Å²) in [4.78, 5) is 2.64. The van der Waals surface area contributed by atoms with Gasteiger partial charge in [-0.05, 0) is 39.3 Å². The first-order valence-electron chi connectivity index (χ1n) is 9.48. The highest BCUT2D eigenvalue weighted by atomic mass is 28.2. The molecule has 1 saturated carbocycles. The Kier molecular flexibility index (Phi) is 7.71. The van der Waals surface area contributed by atoms with Crippen LogP contribution >= 0.6 is 0 Å². The summed E-state index contributed by atoms with van der Waals surface area (Å²) in [6, 6.07) is 0.918. The van der Waals surface area contributed by atoms with Gasteiger partial charge in [0.2, 0.25) is 0 Å². The van der Waals surface area contributed by atoms with E-state index in [0.717, 1.165) is 6.04 Å². The predicted octanol–water partition coefficient (Wildman–Crippen LogP) is 3.14. The zero-order valence-corrected chi connectivity index (χ0v) is 16.1. The van der Waals surface area contributed by atoms with E-state index >= 15 is 0 Å². The first-order chi connectivity index (χ1) is 10.3. The van der Waals surface area contributed by atoms with Gasteiger partial charge >= 0.3 is 0 Å². The van der Waals surface area contributed by atoms with Crippen molar-refractivity contribution in [1.29, 1.82) is 0 Å². The predicted molar refractivity (Wildman–Crippen MR) is 94.8 cm³/mol. The molecule has 124 valence electrons. The molecule has 0 aromatic heterocycles. The molecule has 21 heavy (non-hydrogen) atoms. The highest BCUT2D eigenvalue weighted by Crippen LogP contribution is 2.30. The summed E-state index contributed by atoms with van der Waals surface area (Å²) in [6.07, 6.45) is 14.8. The maximum absolute atomic E-state index is 2.93. The van der Waals surface area contributed by atoms with Gasteiger partial charge in [0, 0.05) is 12.6 Å². The van der Waals surface area contributed by atoms with Gasteiger partial charge in [0.05, 0.1) is 0 Å². The van der Waals surface area contributed by atoms with Crippen molar-refractivity contribution in [2.24, 2.45) is 0 Å². The molecule has 0 aromatic rings. The van der Waals surface area contributed by atoms with Crippen LogP contribution in [0.4, 0.5) is 0 Å². The SMILES string of the molecule is CCCCCN1[SiH2]N(C2CCCCC2)C1N(C)CCCC. The molecule has 0 N–H and O–H groups in total. The maximum Gasteiger partial charge on any atom is 0.177 e. The summed E-state index contributed by atoms with van der Waals surface area (Å²) in [5.41, 5.74) is 0. The molecule has 3 nitrogen and oxygen atoms in total. The van der Waals surface area contributed by atoms with Crippen LogP contribution in [0.1, 0.15) is 78.1 Å². The van der Waals surface area contributed by atoms with Crippen LogP contribution in [0.15, 0.2) is 0 Å². The van der Waals surface area contributed by atoms with Gasteiger partial charge in [0.15, 0.2) is 9.84 Å². The highest BCUT2D eigenvalue weighted by Gasteiger charge is 2.42. The fourth-order valence-electron chi connectivity index (χ4n) is 3.99. The van der Waals surface area contributed by atoms with E-state index in [9.17, 15) is 0 Å². The van der Waals surface area contributed by atoms with Gasteiger partial charge in [-0.25, -0.2) is 0 Å². The zero-order valence-electron chi connectivity index (χ0n) is 14.7. The molecule has 2 fully saturated rings. The lowest BCUT2D eigenvalue weighted by Gasteiger charge is -2.58. The minimum absolute atomic E-state index is 0.128. The Labute approximate surface area is 135 Å². The summed E-state index contributed by atoms with van der Waals surface area (Å²) in [5, 5.41) is 0. The van der Waals surface area contributed by atoms with E-state index in [2.05, 4.69) is 34.9 Å². The van der Waals surface area contributed by atoms with E-state index in [1.54, 1.807) is 0 Å². The fourth-order valence-corrected chi connectivity index (χ4v) is 6.36. The normalized spacial score (nSPS) is 26.6. The number of nitrogens with zero attached hydrogens (tertiary/aromatic N) is 3. The second-order valence-electron chi connectivity index (χ2n) is 7.15. The molecule has 1 unspecified atom stereocenters. The van der Waals surface area contributed by atoms with Gasteiger partial charge < -0.3 is 0 Å². The third-order valence-electron chi connectivity index (χ3n) is 5.32. The van der Waals surface area contributed by atoms with Gasteiger partial charge in [0.1, 0.15) is 6.29 Å². The molecule has 0 spiro atoms. The molecule has 0 bridgehead atoms. The smallest absolute Gasteiger partial charge is 0.177 e. The molecule has 0 amide bonds. The first kappa shape index (κ1) is 17.5. The Balaban J connectivity index is 1.87. The van der Waals surface area contributed by atoms with E-state index in [1.807, 2.05) is 0 Å². The average molecular weight is 312 g/mol. The molecule has 0 aromatic carbocycles. The van der Waals surface area contributed by atoms with E-state index < -0.39 is 0 Å². The van der Waals surface area contributed by atoms with Crippen molar-refractivity contribution in [3.63, 3.8) is 0 Å². The minimum Gasteiger partial charge on any atom is -0.289 e. The van der Waals surface area contributed by atoms with Crippen molar-refractivity contribution in [1.82, 2.24) is 14.0 Å². The minimum atomic E-state index is -0.128. The van der Waals surface area contributed by atoms with Gasteiger partial charge in [-0.3, -0.25) is 14.0 Å². The van der Waals surface area contributed by atoms with E-state index in [0.29, 0.717) is 6.29 Å². The van der Waals surface area contributed by atoms with Gasteiger partial charge in [0.25, 0.3) is 0 Å². The highest BCUT2D eigenvalue weighted by molar-refractivity contribution is 6.32. The van der Waals surface area contributed by atoms with Crippen LogP contribution in [-0.4, -0.2) is 56.3 Å². The standard InChI is InChI=1S/C17H37N3Si/c1-4-6-11-15-19-17(18(3)14-7-5-2)20(21-19)16-12-9-8-10-13-16/h16-17H,4-15,21H2,1-3H3. The molecule has 1 atom stereocenters. The lowest BCUT2D eigenvalue weighted by molar-refractivity contribution is -0.0574. The second kappa shape index (κ2) is 9.28. The van der Waals surface area contributed by atoms with Crippen molar-refractivity contribution >= 4 is 9.84 Å². The summed E-state index contributed by atoms with van der Waals surface area (Å²) < 4.78 is 5.78. The largest absolute Gasteiger partial charge is 0.289 e. The van der Waals surface area contributed by atoms with Crippen molar-refractivity contribution in [3.05, 3.63) is 0 Å². The second-order valence-corrected chi connectivity index (χ2v) is 8.97. The summed E-state index contributed by atoms with van der Waals surface area (Å²) in [5.74, 6) is 0. The van der Waals surface area contributed by atoms with Crippen molar-refractivity contribution in [3.8, 4) is 0 Å². The van der Waals surface area contributed by atoms with Crippen LogP contribution in [0.3, 0.4) is 0 Å². The third kappa shape index (κ3) is 4.78. The van der Waals surface area contributed by atoms with Crippen molar-refractivity contribution in [2.45, 2.75) is 90.4 Å². The van der Waals surface area contributed by atoms with Crippen molar-refractivity contribution in [2.75, 3.05) is 20.1 Å². The Morgan fingerprint density at radius 2 is 1.71 bits per heavy atom. The van der Waals surface area contributed by atoms with Crippen LogP contribution in [0, 0.1) is 0 Å². The van der Waals surface area contributed by atoms with E-state index in [4.69, 9.17) is 0 Å². The third-order valence-corrected chi connectivity index (χ3v) is 7.50. The van der Waals surface area contributed by atoms with Crippen LogP contribution < -0.4 is 0 Å². The topological polar surface area (TPSA) is 9.72 Å². The Morgan fingerprint density at radius 3 is 2.38 bits per heavy atom. The Hall–Kier alpha value is 0.0969. The van der Waals surface area contributed by atoms with Gasteiger partial charge in [-0.2, -0.15) is 0 Å². The van der Waals surface area contributed by atoms with E-state index in [1.165, 1.54) is 77.3 Å². The molecule has 1 heterocycles. The molecule has 4 heteroatoms. The molecule has 1 aliphatic heterocycles. The summed E-state index contributed by atoms with van der Waals surface area (Å²) >= 11 is 0. The number of unbranched alkanes of at least 4 members (excludes halogenated alkanes) is 3. The van der Waals surface area contributed by atoms with Crippen molar-refractivity contribution < 1.29 is 0 Å². The number of rotatable bonds is 9. The Bertz CT molecular complexity index is 281. The lowest BCUT2D eigenvalue weighted by Crippen LogP contribution is -2.74. The average Bonchev–Trinajstić information content (AvgIpc) is 2.49. The number of hydrogen-bond donors (Lipinski definition) is 0. The summed E-state index contributed by atoms with van der Waals surface area (Å²) in [7, 11) is 2.23. The molecule has 1 aliphatic carbocycles. The monoisotopic (exact) mass is 311 g/mol. The molecular weight excluding hydrogens is 274 g/mol. The summed E-state index contributed by atoms with van der Waals surface area (Å²) in [6.45, 7) is 7.24. The van der Waals surface area contributed by atoms with Crippen LogP contribution in [0.2, 0.25) is 0 Å². The van der Waals surface area contributed by atoms with Crippen LogP contribution in [-0.2, 0) is 0 Å². The number of hydrogen-bond acceptors (Lipinski definition) is 3. The lowest BCUT2D eigenvalue weighted by atomic mass is 9.95.